The Hall–Kier alpha value is -1.16. The van der Waals surface area contributed by atoms with Gasteiger partial charge in [0.25, 0.3) is 0 Å². The molecule has 0 radical (unpaired) electrons. The van der Waals surface area contributed by atoms with Crippen molar-refractivity contribution in [3.8, 4) is 0 Å². The van der Waals surface area contributed by atoms with E-state index in [4.69, 9.17) is 4.74 Å². The van der Waals surface area contributed by atoms with E-state index in [2.05, 4.69) is 4.98 Å². The van der Waals surface area contributed by atoms with Gasteiger partial charge in [0.1, 0.15) is 0 Å². The van der Waals surface area contributed by atoms with Crippen LogP contribution in [-0.4, -0.2) is 17.4 Å². The largest absolute Gasteiger partial charge is 0.500 e. The third-order valence-electron chi connectivity index (χ3n) is 1.96. The SMILES string of the molecule is Cc1ncsc1C(=O)C1=COCC1. The topological polar surface area (TPSA) is 39.2 Å². The number of ether oxygens (including phenoxy) is 1. The van der Waals surface area contributed by atoms with Gasteiger partial charge in [0.05, 0.1) is 29.0 Å². The van der Waals surface area contributed by atoms with Gasteiger partial charge in [0, 0.05) is 12.0 Å². The Labute approximate surface area is 80.1 Å². The van der Waals surface area contributed by atoms with Crippen molar-refractivity contribution in [2.24, 2.45) is 0 Å². The van der Waals surface area contributed by atoms with Crippen LogP contribution in [0.4, 0.5) is 0 Å². The van der Waals surface area contributed by atoms with Crippen molar-refractivity contribution < 1.29 is 9.53 Å². The quantitative estimate of drug-likeness (QED) is 0.677. The van der Waals surface area contributed by atoms with Crippen LogP contribution in [0.3, 0.4) is 0 Å². The van der Waals surface area contributed by atoms with E-state index in [1.54, 1.807) is 11.8 Å². The predicted molar refractivity (Wildman–Crippen MR) is 49.8 cm³/mol. The van der Waals surface area contributed by atoms with Crippen LogP contribution in [0.25, 0.3) is 0 Å². The Morgan fingerprint density at radius 3 is 3.08 bits per heavy atom. The summed E-state index contributed by atoms with van der Waals surface area (Å²) in [7, 11) is 0. The summed E-state index contributed by atoms with van der Waals surface area (Å²) in [5.74, 6) is 0.0671. The zero-order chi connectivity index (χ0) is 9.26. The highest BCUT2D eigenvalue weighted by Gasteiger charge is 2.19. The first kappa shape index (κ1) is 8.44. The summed E-state index contributed by atoms with van der Waals surface area (Å²) in [5.41, 5.74) is 3.26. The van der Waals surface area contributed by atoms with Gasteiger partial charge in [-0.05, 0) is 6.92 Å². The third-order valence-corrected chi connectivity index (χ3v) is 2.89. The lowest BCUT2D eigenvalue weighted by atomic mass is 10.1. The van der Waals surface area contributed by atoms with Gasteiger partial charge in [-0.2, -0.15) is 0 Å². The minimum atomic E-state index is 0.0671. The van der Waals surface area contributed by atoms with E-state index in [1.807, 2.05) is 6.92 Å². The summed E-state index contributed by atoms with van der Waals surface area (Å²) >= 11 is 1.39. The third kappa shape index (κ3) is 1.49. The van der Waals surface area contributed by atoms with E-state index in [9.17, 15) is 4.79 Å². The second-order valence-electron chi connectivity index (χ2n) is 2.86. The molecule has 1 aromatic rings. The van der Waals surface area contributed by atoms with Gasteiger partial charge in [-0.25, -0.2) is 4.98 Å². The van der Waals surface area contributed by atoms with Gasteiger partial charge in [0.2, 0.25) is 5.78 Å². The Kier molecular flexibility index (Phi) is 2.14. The fourth-order valence-electron chi connectivity index (χ4n) is 1.22. The number of ketones is 1. The van der Waals surface area contributed by atoms with E-state index in [-0.39, 0.29) is 5.78 Å². The molecule has 0 saturated heterocycles. The molecular weight excluding hydrogens is 186 g/mol. The standard InChI is InChI=1S/C9H9NO2S/c1-6-9(13-5-10-6)8(11)7-2-3-12-4-7/h4-5H,2-3H2,1H3. The first-order chi connectivity index (χ1) is 6.29. The number of hydrogen-bond acceptors (Lipinski definition) is 4. The smallest absolute Gasteiger partial charge is 0.204 e. The number of rotatable bonds is 2. The molecule has 13 heavy (non-hydrogen) atoms. The van der Waals surface area contributed by atoms with E-state index < -0.39 is 0 Å². The summed E-state index contributed by atoms with van der Waals surface area (Å²) in [5, 5.41) is 0. The molecule has 1 aromatic heterocycles. The second kappa shape index (κ2) is 3.30. The highest BCUT2D eigenvalue weighted by molar-refractivity contribution is 7.12. The monoisotopic (exact) mass is 195 g/mol. The number of thiazole rings is 1. The summed E-state index contributed by atoms with van der Waals surface area (Å²) in [6.45, 7) is 2.47. The summed E-state index contributed by atoms with van der Waals surface area (Å²) in [6.07, 6.45) is 2.28. The van der Waals surface area contributed by atoms with Crippen molar-refractivity contribution in [3.05, 3.63) is 27.9 Å². The molecule has 0 amide bonds. The van der Waals surface area contributed by atoms with Gasteiger partial charge in [0.15, 0.2) is 0 Å². The van der Waals surface area contributed by atoms with Gasteiger partial charge in [-0.15, -0.1) is 11.3 Å². The maximum atomic E-state index is 11.8. The molecule has 1 aliphatic heterocycles. The van der Waals surface area contributed by atoms with Crippen LogP contribution in [0.15, 0.2) is 17.3 Å². The molecule has 0 N–H and O–H groups in total. The summed E-state index contributed by atoms with van der Waals surface area (Å²) < 4.78 is 5.02. The summed E-state index contributed by atoms with van der Waals surface area (Å²) in [6, 6.07) is 0. The molecule has 0 spiro atoms. The molecule has 0 unspecified atom stereocenters. The molecule has 0 aliphatic carbocycles. The minimum Gasteiger partial charge on any atom is -0.500 e. The highest BCUT2D eigenvalue weighted by Crippen LogP contribution is 2.21. The molecule has 0 bridgehead atoms. The Morgan fingerprint density at radius 2 is 2.54 bits per heavy atom. The Morgan fingerprint density at radius 1 is 1.69 bits per heavy atom. The minimum absolute atomic E-state index is 0.0671. The van der Waals surface area contributed by atoms with Gasteiger partial charge in [-0.1, -0.05) is 0 Å². The molecule has 1 aliphatic rings. The van der Waals surface area contributed by atoms with Crippen LogP contribution in [0.2, 0.25) is 0 Å². The first-order valence-corrected chi connectivity index (χ1v) is 4.92. The number of carbonyl (C=O) groups is 1. The van der Waals surface area contributed by atoms with Crippen molar-refractivity contribution >= 4 is 17.1 Å². The maximum absolute atomic E-state index is 11.8. The molecular formula is C9H9NO2S. The fraction of sp³-hybridized carbons (Fsp3) is 0.333. The number of nitrogens with zero attached hydrogens (tertiary/aromatic N) is 1. The molecule has 0 saturated carbocycles. The van der Waals surface area contributed by atoms with Crippen LogP contribution < -0.4 is 0 Å². The lowest BCUT2D eigenvalue weighted by Crippen LogP contribution is -2.01. The first-order valence-electron chi connectivity index (χ1n) is 4.04. The average Bonchev–Trinajstić information content (AvgIpc) is 2.72. The van der Waals surface area contributed by atoms with Crippen LogP contribution in [0, 0.1) is 6.92 Å². The van der Waals surface area contributed by atoms with Crippen LogP contribution in [0.5, 0.6) is 0 Å². The Balaban J connectivity index is 2.27. The molecule has 3 nitrogen and oxygen atoms in total. The van der Waals surface area contributed by atoms with Crippen molar-refractivity contribution in [2.75, 3.05) is 6.61 Å². The zero-order valence-corrected chi connectivity index (χ0v) is 8.06. The normalized spacial score (nSPS) is 15.3. The highest BCUT2D eigenvalue weighted by atomic mass is 32.1. The van der Waals surface area contributed by atoms with Gasteiger partial charge >= 0.3 is 0 Å². The zero-order valence-electron chi connectivity index (χ0n) is 7.24. The van der Waals surface area contributed by atoms with E-state index in [0.29, 0.717) is 6.61 Å². The molecule has 0 aromatic carbocycles. The van der Waals surface area contributed by atoms with Crippen LogP contribution in [0.1, 0.15) is 21.8 Å². The van der Waals surface area contributed by atoms with Gasteiger partial charge < -0.3 is 4.74 Å². The molecule has 4 heteroatoms. The van der Waals surface area contributed by atoms with E-state index in [0.717, 1.165) is 22.6 Å². The van der Waals surface area contributed by atoms with Gasteiger partial charge in [-0.3, -0.25) is 4.79 Å². The number of Topliss-reactive ketones (excluding diaryl/α,β-unsaturated/α-hetero) is 1. The van der Waals surface area contributed by atoms with Crippen LogP contribution >= 0.6 is 11.3 Å². The molecule has 2 rings (SSSR count). The molecule has 68 valence electrons. The lowest BCUT2D eigenvalue weighted by Gasteiger charge is -1.95. The number of carbonyl (C=O) groups excluding carboxylic acids is 1. The van der Waals surface area contributed by atoms with Crippen molar-refractivity contribution in [1.29, 1.82) is 0 Å². The van der Waals surface area contributed by atoms with E-state index in [1.165, 1.54) is 11.3 Å². The number of aryl methyl sites for hydroxylation is 1. The van der Waals surface area contributed by atoms with Crippen LogP contribution in [-0.2, 0) is 4.74 Å². The number of hydrogen-bond donors (Lipinski definition) is 0. The molecule has 0 fully saturated rings. The van der Waals surface area contributed by atoms with Crippen molar-refractivity contribution in [3.63, 3.8) is 0 Å². The molecule has 0 atom stereocenters. The fourth-order valence-corrected chi connectivity index (χ4v) is 2.00. The second-order valence-corrected chi connectivity index (χ2v) is 3.71. The van der Waals surface area contributed by atoms with Crippen molar-refractivity contribution in [1.82, 2.24) is 4.98 Å². The Bertz CT molecular complexity index is 367. The number of aromatic nitrogens is 1. The molecule has 2 heterocycles. The van der Waals surface area contributed by atoms with Crippen molar-refractivity contribution in [2.45, 2.75) is 13.3 Å². The maximum Gasteiger partial charge on any atom is 0.204 e. The average molecular weight is 195 g/mol. The summed E-state index contributed by atoms with van der Waals surface area (Å²) in [4.78, 5) is 16.5. The predicted octanol–water partition coefficient (Wildman–Crippen LogP) is 1.94. The van der Waals surface area contributed by atoms with E-state index >= 15 is 0 Å². The lowest BCUT2D eigenvalue weighted by molar-refractivity contribution is 0.103.